The van der Waals surface area contributed by atoms with Gasteiger partial charge in [-0.15, -0.1) is 8.78 Å². The normalized spacial score (nSPS) is 16.8. The number of nitrogens with one attached hydrogen (secondary N) is 1. The van der Waals surface area contributed by atoms with Crippen molar-refractivity contribution in [3.63, 3.8) is 0 Å². The van der Waals surface area contributed by atoms with E-state index in [0.717, 1.165) is 0 Å². The summed E-state index contributed by atoms with van der Waals surface area (Å²) in [5.74, 6) is -0.936. The van der Waals surface area contributed by atoms with E-state index in [2.05, 4.69) is 19.8 Å². The van der Waals surface area contributed by atoms with Crippen LogP contribution in [0.3, 0.4) is 0 Å². The van der Waals surface area contributed by atoms with Gasteiger partial charge >= 0.3 is 6.29 Å². The highest BCUT2D eigenvalue weighted by atomic mass is 19.3. The number of alkyl halides is 2. The molecule has 2 aliphatic rings. The molecule has 0 saturated heterocycles. The van der Waals surface area contributed by atoms with Crippen LogP contribution in [0, 0.1) is 5.82 Å². The number of fused-ring (bicyclic) bond motifs is 1. The monoisotopic (exact) mass is 452 g/mol. The fourth-order valence-electron chi connectivity index (χ4n) is 3.88. The van der Waals surface area contributed by atoms with Crippen LogP contribution in [0.5, 0.6) is 11.5 Å². The van der Waals surface area contributed by atoms with Crippen molar-refractivity contribution < 1.29 is 32.2 Å². The Bertz CT molecular complexity index is 1310. The number of amides is 1. The fraction of sp³-hybridized carbons (Fsp3) is 0.174. The molecule has 166 valence electrons. The zero-order valence-electron chi connectivity index (χ0n) is 17.3. The maximum Gasteiger partial charge on any atom is 0.586 e. The number of nitrogens with zero attached hydrogens (tertiary/aromatic N) is 1. The van der Waals surface area contributed by atoms with E-state index in [1.807, 2.05) is 0 Å². The average molecular weight is 452 g/mol. The Morgan fingerprint density at radius 2 is 1.76 bits per heavy atom. The van der Waals surface area contributed by atoms with E-state index in [1.165, 1.54) is 32.1 Å². The predicted molar refractivity (Wildman–Crippen MR) is 115 cm³/mol. The van der Waals surface area contributed by atoms with Gasteiger partial charge in [-0.25, -0.2) is 9.37 Å². The number of rotatable bonds is 5. The molecular formula is C23H16BF3N2O4. The Kier molecular flexibility index (Phi) is 4.70. The summed E-state index contributed by atoms with van der Waals surface area (Å²) >= 11 is 0. The first-order valence-electron chi connectivity index (χ1n) is 10.2. The van der Waals surface area contributed by atoms with Gasteiger partial charge in [0, 0.05) is 11.1 Å². The Morgan fingerprint density at radius 3 is 2.45 bits per heavy atom. The van der Waals surface area contributed by atoms with Crippen molar-refractivity contribution in [3.8, 4) is 22.8 Å². The van der Waals surface area contributed by atoms with E-state index in [9.17, 15) is 22.8 Å². The Morgan fingerprint density at radius 1 is 1.00 bits per heavy atom. The van der Waals surface area contributed by atoms with Gasteiger partial charge in [0.15, 0.2) is 19.3 Å². The highest BCUT2D eigenvalue weighted by Crippen LogP contribution is 2.52. The van der Waals surface area contributed by atoms with Gasteiger partial charge in [-0.1, -0.05) is 18.2 Å². The van der Waals surface area contributed by atoms with Crippen LogP contribution in [0.1, 0.15) is 28.8 Å². The maximum atomic E-state index is 14.2. The quantitative estimate of drug-likeness (QED) is 0.599. The predicted octanol–water partition coefficient (Wildman–Crippen LogP) is 3.65. The number of anilines is 1. The number of halogens is 3. The smallest absolute Gasteiger partial charge is 0.395 e. The molecule has 0 atom stereocenters. The number of pyridine rings is 1. The van der Waals surface area contributed by atoms with Crippen LogP contribution >= 0.6 is 0 Å². The topological polar surface area (TPSA) is 77.5 Å². The van der Waals surface area contributed by atoms with E-state index in [1.54, 1.807) is 30.3 Å². The van der Waals surface area contributed by atoms with Crippen molar-refractivity contribution in [1.29, 1.82) is 0 Å². The van der Waals surface area contributed by atoms with Crippen molar-refractivity contribution in [2.24, 2.45) is 0 Å². The molecule has 5 rings (SSSR count). The second-order valence-electron chi connectivity index (χ2n) is 8.02. The van der Waals surface area contributed by atoms with Crippen LogP contribution in [0.25, 0.3) is 11.3 Å². The summed E-state index contributed by atoms with van der Waals surface area (Å²) in [5, 5.41) is 2.76. The van der Waals surface area contributed by atoms with Crippen LogP contribution in [-0.4, -0.2) is 30.7 Å². The third-order valence-electron chi connectivity index (χ3n) is 5.77. The Balaban J connectivity index is 1.37. The molecule has 6 nitrogen and oxygen atoms in total. The number of aromatic nitrogens is 1. The maximum absolute atomic E-state index is 14.2. The number of carbonyl (C=O) groups is 2. The van der Waals surface area contributed by atoms with E-state index in [0.29, 0.717) is 29.7 Å². The summed E-state index contributed by atoms with van der Waals surface area (Å²) in [6, 6.07) is 13.4. The van der Waals surface area contributed by atoms with Gasteiger partial charge in [0.25, 0.3) is 0 Å². The first kappa shape index (κ1) is 21.1. The Hall–Kier alpha value is -3.82. The minimum Gasteiger partial charge on any atom is -0.395 e. The van der Waals surface area contributed by atoms with Crippen molar-refractivity contribution >= 4 is 25.3 Å². The minimum absolute atomic E-state index is 0.0135. The standard InChI is InChI=1S/C23H16BF3N2O4/c24-20(30)14-6-4-12(10-15(14)25)16-2-1-3-19(28-16)29-21(31)22(8-9-22)13-5-7-17-18(11-13)33-23(26,27)32-17/h1-7,10-11H,8-9,24H2,(H,28,29,31). The van der Waals surface area contributed by atoms with Crippen LogP contribution in [0.2, 0.25) is 0 Å². The van der Waals surface area contributed by atoms with Gasteiger partial charge in [-0.3, -0.25) is 4.79 Å². The molecule has 1 aliphatic heterocycles. The van der Waals surface area contributed by atoms with Crippen molar-refractivity contribution in [3.05, 3.63) is 71.5 Å². The molecule has 33 heavy (non-hydrogen) atoms. The molecule has 0 radical (unpaired) electrons. The van der Waals surface area contributed by atoms with Crippen LogP contribution in [0.15, 0.2) is 54.6 Å². The lowest BCUT2D eigenvalue weighted by Gasteiger charge is -2.16. The number of hydrogen-bond acceptors (Lipinski definition) is 5. The van der Waals surface area contributed by atoms with E-state index >= 15 is 0 Å². The van der Waals surface area contributed by atoms with Crippen LogP contribution in [0.4, 0.5) is 19.0 Å². The molecule has 0 spiro atoms. The molecule has 10 heteroatoms. The number of carbonyl (C=O) groups excluding carboxylic acids is 2. The van der Waals surface area contributed by atoms with Gasteiger partial charge in [0.1, 0.15) is 17.3 Å². The molecule has 1 aliphatic carbocycles. The third kappa shape index (κ3) is 3.81. The zero-order valence-corrected chi connectivity index (χ0v) is 17.3. The van der Waals surface area contributed by atoms with Gasteiger partial charge in [-0.05, 0) is 54.8 Å². The van der Waals surface area contributed by atoms with Crippen LogP contribution < -0.4 is 14.8 Å². The fourth-order valence-corrected chi connectivity index (χ4v) is 3.88. The molecule has 1 N–H and O–H groups in total. The lowest BCUT2D eigenvalue weighted by molar-refractivity contribution is -0.286. The average Bonchev–Trinajstić information content (AvgIpc) is 3.50. The molecule has 1 amide bonds. The molecule has 0 unspecified atom stereocenters. The zero-order chi connectivity index (χ0) is 23.4. The number of ether oxygens (including phenoxy) is 2. The third-order valence-corrected chi connectivity index (χ3v) is 5.77. The van der Waals surface area contributed by atoms with E-state index in [4.69, 9.17) is 0 Å². The molecule has 2 aromatic carbocycles. The molecule has 1 saturated carbocycles. The molecular weight excluding hydrogens is 436 g/mol. The van der Waals surface area contributed by atoms with Crippen LogP contribution in [-0.2, 0) is 10.2 Å². The minimum atomic E-state index is -3.73. The van der Waals surface area contributed by atoms with E-state index < -0.39 is 17.5 Å². The van der Waals surface area contributed by atoms with Gasteiger partial charge in [-0.2, -0.15) is 0 Å². The second kappa shape index (κ2) is 7.36. The summed E-state index contributed by atoms with van der Waals surface area (Å²) in [4.78, 5) is 28.9. The van der Waals surface area contributed by atoms with Crippen molar-refractivity contribution in [2.45, 2.75) is 24.6 Å². The van der Waals surface area contributed by atoms with E-state index in [-0.39, 0.29) is 34.5 Å². The number of benzene rings is 2. The molecule has 1 fully saturated rings. The summed E-state index contributed by atoms with van der Waals surface area (Å²) in [6.07, 6.45) is -2.66. The Labute approximate surface area is 187 Å². The summed E-state index contributed by atoms with van der Waals surface area (Å²) in [6.45, 7) is 0. The number of hydrogen-bond donors (Lipinski definition) is 1. The summed E-state index contributed by atoms with van der Waals surface area (Å²) in [5.41, 5.74) is 0.125. The van der Waals surface area contributed by atoms with Gasteiger partial charge < -0.3 is 19.6 Å². The molecule has 2 heterocycles. The molecule has 1 aromatic heterocycles. The first-order valence-corrected chi connectivity index (χ1v) is 10.2. The lowest BCUT2D eigenvalue weighted by atomic mass is 9.93. The molecule has 3 aromatic rings. The SMILES string of the molecule is BC(=O)c1ccc(-c2cccc(NC(=O)C3(c4ccc5c(c4)OC(F)(F)O5)CC3)n2)cc1F. The van der Waals surface area contributed by atoms with Crippen molar-refractivity contribution in [1.82, 2.24) is 4.98 Å². The van der Waals surface area contributed by atoms with Gasteiger partial charge in [0.2, 0.25) is 5.91 Å². The summed E-state index contributed by atoms with van der Waals surface area (Å²) < 4.78 is 49.8. The van der Waals surface area contributed by atoms with Crippen molar-refractivity contribution in [2.75, 3.05) is 5.32 Å². The summed E-state index contributed by atoms with van der Waals surface area (Å²) in [7, 11) is 1.28. The molecule has 0 bridgehead atoms. The lowest BCUT2D eigenvalue weighted by Crippen LogP contribution is -2.28. The highest BCUT2D eigenvalue weighted by molar-refractivity contribution is 6.62. The van der Waals surface area contributed by atoms with Gasteiger partial charge in [0.05, 0.1) is 11.1 Å². The largest absolute Gasteiger partial charge is 0.586 e. The second-order valence-corrected chi connectivity index (χ2v) is 8.02. The highest BCUT2D eigenvalue weighted by Gasteiger charge is 2.53. The first-order chi connectivity index (χ1) is 15.7.